The van der Waals surface area contributed by atoms with Crippen LogP contribution in [0.4, 0.5) is 5.69 Å². The standard InChI is InChI=1S/C25H25N3O2S/c29-24(20-7-2-1-3-8-20)27-23(17-22-9-6-16-31-22)25(30)26-18-19-10-12-21(13-11-19)28-14-4-5-15-28/h1-3,6-13,16-17H,4-5,14-15,18H2,(H,26,30)(H,27,29)/b23-17-. The van der Waals surface area contributed by atoms with Gasteiger partial charge in [0.15, 0.2) is 0 Å². The molecular weight excluding hydrogens is 406 g/mol. The van der Waals surface area contributed by atoms with Crippen molar-refractivity contribution in [3.05, 3.63) is 93.8 Å². The van der Waals surface area contributed by atoms with Gasteiger partial charge in [0.05, 0.1) is 0 Å². The Balaban J connectivity index is 1.42. The number of anilines is 1. The lowest BCUT2D eigenvalue weighted by Gasteiger charge is -2.18. The molecule has 158 valence electrons. The summed E-state index contributed by atoms with van der Waals surface area (Å²) in [6.07, 6.45) is 4.19. The summed E-state index contributed by atoms with van der Waals surface area (Å²) in [7, 11) is 0. The van der Waals surface area contributed by atoms with Crippen LogP contribution in [-0.2, 0) is 11.3 Å². The van der Waals surface area contributed by atoms with E-state index in [9.17, 15) is 9.59 Å². The second kappa shape index (κ2) is 10.1. The van der Waals surface area contributed by atoms with Crippen molar-refractivity contribution in [1.82, 2.24) is 10.6 Å². The minimum Gasteiger partial charge on any atom is -0.372 e. The Morgan fingerprint density at radius 3 is 2.35 bits per heavy atom. The van der Waals surface area contributed by atoms with E-state index in [0.717, 1.165) is 23.5 Å². The van der Waals surface area contributed by atoms with Crippen molar-refractivity contribution in [2.45, 2.75) is 19.4 Å². The van der Waals surface area contributed by atoms with Gasteiger partial charge >= 0.3 is 0 Å². The molecule has 5 nitrogen and oxygen atoms in total. The fraction of sp³-hybridized carbons (Fsp3) is 0.200. The number of nitrogens with one attached hydrogen (secondary N) is 2. The molecule has 31 heavy (non-hydrogen) atoms. The van der Waals surface area contributed by atoms with Crippen molar-refractivity contribution >= 4 is 34.9 Å². The van der Waals surface area contributed by atoms with Gasteiger partial charge in [-0.25, -0.2) is 0 Å². The molecule has 1 fully saturated rings. The predicted molar refractivity (Wildman–Crippen MR) is 126 cm³/mol. The van der Waals surface area contributed by atoms with Gasteiger partial charge in [0.1, 0.15) is 5.70 Å². The van der Waals surface area contributed by atoms with Gasteiger partial charge in [-0.1, -0.05) is 36.4 Å². The quantitative estimate of drug-likeness (QED) is 0.544. The molecule has 1 aliphatic heterocycles. The molecule has 0 aliphatic carbocycles. The van der Waals surface area contributed by atoms with E-state index in [-0.39, 0.29) is 17.5 Å². The zero-order valence-electron chi connectivity index (χ0n) is 17.2. The van der Waals surface area contributed by atoms with E-state index in [1.807, 2.05) is 35.7 Å². The largest absolute Gasteiger partial charge is 0.372 e. The topological polar surface area (TPSA) is 61.4 Å². The Hall–Kier alpha value is -3.38. The molecule has 6 heteroatoms. The normalized spacial score (nSPS) is 13.8. The van der Waals surface area contributed by atoms with Crippen molar-refractivity contribution in [3.63, 3.8) is 0 Å². The van der Waals surface area contributed by atoms with Gasteiger partial charge in [-0.15, -0.1) is 11.3 Å². The molecule has 1 aromatic heterocycles. The van der Waals surface area contributed by atoms with E-state index in [1.165, 1.54) is 29.9 Å². The van der Waals surface area contributed by atoms with Gasteiger partial charge in [-0.2, -0.15) is 0 Å². The summed E-state index contributed by atoms with van der Waals surface area (Å²) in [6, 6.07) is 21.0. The molecule has 0 saturated carbocycles. The lowest BCUT2D eigenvalue weighted by molar-refractivity contribution is -0.117. The highest BCUT2D eigenvalue weighted by Crippen LogP contribution is 2.20. The number of rotatable bonds is 7. The van der Waals surface area contributed by atoms with E-state index in [0.29, 0.717) is 12.1 Å². The first kappa shape index (κ1) is 20.9. The average molecular weight is 432 g/mol. The number of carbonyl (C=O) groups excluding carboxylic acids is 2. The number of benzene rings is 2. The maximum absolute atomic E-state index is 12.9. The Kier molecular flexibility index (Phi) is 6.79. The molecule has 4 rings (SSSR count). The van der Waals surface area contributed by atoms with E-state index < -0.39 is 0 Å². The Labute approximate surface area is 186 Å². The fourth-order valence-corrected chi connectivity index (χ4v) is 4.19. The molecule has 0 atom stereocenters. The summed E-state index contributed by atoms with van der Waals surface area (Å²) in [5.74, 6) is -0.630. The van der Waals surface area contributed by atoms with Gasteiger partial charge in [-0.3, -0.25) is 9.59 Å². The van der Waals surface area contributed by atoms with Gasteiger partial charge in [-0.05, 0) is 60.2 Å². The summed E-state index contributed by atoms with van der Waals surface area (Å²) in [4.78, 5) is 28.8. The third-order valence-corrected chi connectivity index (χ3v) is 6.04. The molecule has 1 saturated heterocycles. The number of thiophene rings is 1. The highest BCUT2D eigenvalue weighted by atomic mass is 32.1. The van der Waals surface area contributed by atoms with E-state index in [2.05, 4.69) is 27.7 Å². The molecule has 2 aromatic carbocycles. The summed E-state index contributed by atoms with van der Waals surface area (Å²) in [5.41, 5.74) is 2.97. The molecule has 2 heterocycles. The van der Waals surface area contributed by atoms with Crippen molar-refractivity contribution in [3.8, 4) is 0 Å². The van der Waals surface area contributed by atoms with Crippen LogP contribution in [0.1, 0.15) is 33.6 Å². The predicted octanol–water partition coefficient (Wildman–Crippen LogP) is 4.44. The first-order valence-electron chi connectivity index (χ1n) is 10.4. The van der Waals surface area contributed by atoms with Gasteiger partial charge < -0.3 is 15.5 Å². The number of hydrogen-bond acceptors (Lipinski definition) is 4. The van der Waals surface area contributed by atoms with Crippen molar-refractivity contribution < 1.29 is 9.59 Å². The number of nitrogens with zero attached hydrogens (tertiary/aromatic N) is 1. The van der Waals surface area contributed by atoms with Gasteiger partial charge in [0.2, 0.25) is 0 Å². The van der Waals surface area contributed by atoms with Crippen LogP contribution in [0, 0.1) is 0 Å². The van der Waals surface area contributed by atoms with Crippen LogP contribution in [0.3, 0.4) is 0 Å². The highest BCUT2D eigenvalue weighted by Gasteiger charge is 2.15. The second-order valence-corrected chi connectivity index (χ2v) is 8.42. The summed E-state index contributed by atoms with van der Waals surface area (Å²) in [6.45, 7) is 2.60. The molecule has 0 bridgehead atoms. The minimum atomic E-state index is -0.318. The van der Waals surface area contributed by atoms with Gasteiger partial charge in [0, 0.05) is 35.8 Å². The van der Waals surface area contributed by atoms with E-state index in [4.69, 9.17) is 0 Å². The van der Waals surface area contributed by atoms with Crippen LogP contribution < -0.4 is 15.5 Å². The minimum absolute atomic E-state index is 0.227. The van der Waals surface area contributed by atoms with Crippen molar-refractivity contribution in [2.24, 2.45) is 0 Å². The van der Waals surface area contributed by atoms with Crippen LogP contribution in [0.15, 0.2) is 77.8 Å². The van der Waals surface area contributed by atoms with E-state index >= 15 is 0 Å². The third kappa shape index (κ3) is 5.61. The molecule has 3 aromatic rings. The number of hydrogen-bond donors (Lipinski definition) is 2. The third-order valence-electron chi connectivity index (χ3n) is 5.22. The van der Waals surface area contributed by atoms with Crippen molar-refractivity contribution in [1.29, 1.82) is 0 Å². The Morgan fingerprint density at radius 2 is 1.68 bits per heavy atom. The van der Waals surface area contributed by atoms with Crippen LogP contribution in [-0.4, -0.2) is 24.9 Å². The average Bonchev–Trinajstić information content (AvgIpc) is 3.52. The number of carbonyl (C=O) groups is 2. The number of amides is 2. The molecule has 0 radical (unpaired) electrons. The van der Waals surface area contributed by atoms with Crippen LogP contribution in [0.5, 0.6) is 0 Å². The summed E-state index contributed by atoms with van der Waals surface area (Å²) >= 11 is 1.51. The molecule has 0 unspecified atom stereocenters. The zero-order chi connectivity index (χ0) is 21.5. The lowest BCUT2D eigenvalue weighted by atomic mass is 10.2. The first-order chi connectivity index (χ1) is 15.2. The smallest absolute Gasteiger partial charge is 0.268 e. The Morgan fingerprint density at radius 1 is 0.935 bits per heavy atom. The molecular formula is C25H25N3O2S. The Bertz CT molecular complexity index is 1040. The van der Waals surface area contributed by atoms with Crippen LogP contribution in [0.2, 0.25) is 0 Å². The second-order valence-electron chi connectivity index (χ2n) is 7.44. The first-order valence-corrected chi connectivity index (χ1v) is 11.3. The zero-order valence-corrected chi connectivity index (χ0v) is 18.0. The molecule has 0 spiro atoms. The summed E-state index contributed by atoms with van der Waals surface area (Å²) < 4.78 is 0. The summed E-state index contributed by atoms with van der Waals surface area (Å²) in [5, 5.41) is 7.62. The molecule has 2 N–H and O–H groups in total. The SMILES string of the molecule is O=C(NCc1ccc(N2CCCC2)cc1)/C(=C/c1cccs1)NC(=O)c1ccccc1. The van der Waals surface area contributed by atoms with E-state index in [1.54, 1.807) is 30.3 Å². The fourth-order valence-electron chi connectivity index (χ4n) is 3.54. The highest BCUT2D eigenvalue weighted by molar-refractivity contribution is 7.10. The van der Waals surface area contributed by atoms with Gasteiger partial charge in [0.25, 0.3) is 11.8 Å². The van der Waals surface area contributed by atoms with Crippen LogP contribution in [0.25, 0.3) is 6.08 Å². The van der Waals surface area contributed by atoms with Crippen LogP contribution >= 0.6 is 11.3 Å². The molecule has 2 amide bonds. The molecule has 1 aliphatic rings. The maximum Gasteiger partial charge on any atom is 0.268 e. The lowest BCUT2D eigenvalue weighted by Crippen LogP contribution is -2.34. The maximum atomic E-state index is 12.9. The monoisotopic (exact) mass is 431 g/mol. The van der Waals surface area contributed by atoms with Crippen molar-refractivity contribution in [2.75, 3.05) is 18.0 Å².